The molecule has 1 aromatic rings. The van der Waals surface area contributed by atoms with E-state index in [4.69, 9.17) is 5.11 Å². The molecule has 0 unspecified atom stereocenters. The average molecular weight is 295 g/mol. The lowest BCUT2D eigenvalue weighted by Crippen LogP contribution is -2.35. The van der Waals surface area contributed by atoms with Gasteiger partial charge in [-0.05, 0) is 49.1 Å². The van der Waals surface area contributed by atoms with Crippen LogP contribution >= 0.6 is 11.3 Å². The monoisotopic (exact) mass is 295 g/mol. The van der Waals surface area contributed by atoms with Crippen molar-refractivity contribution in [3.63, 3.8) is 0 Å². The predicted molar refractivity (Wildman–Crippen MR) is 83.3 cm³/mol. The summed E-state index contributed by atoms with van der Waals surface area (Å²) in [5.74, 6) is 0.00726. The van der Waals surface area contributed by atoms with E-state index in [1.807, 2.05) is 6.07 Å². The first kappa shape index (κ1) is 15.5. The van der Waals surface area contributed by atoms with Crippen LogP contribution in [0.25, 0.3) is 0 Å². The number of hydrogen-bond donors (Lipinski definition) is 2. The molecule has 4 heteroatoms. The summed E-state index contributed by atoms with van der Waals surface area (Å²) < 4.78 is 0. The summed E-state index contributed by atoms with van der Waals surface area (Å²) in [6.07, 6.45) is 5.07. The van der Waals surface area contributed by atoms with Gasteiger partial charge in [-0.3, -0.25) is 0 Å². The molecule has 112 valence electrons. The first-order valence-corrected chi connectivity index (χ1v) is 8.23. The number of nitrogens with one attached hydrogen (secondary N) is 1. The first-order valence-electron chi connectivity index (χ1n) is 7.41. The van der Waals surface area contributed by atoms with E-state index >= 15 is 0 Å². The van der Waals surface area contributed by atoms with E-state index in [1.54, 1.807) is 6.07 Å². The highest BCUT2D eigenvalue weighted by Crippen LogP contribution is 2.37. The molecule has 0 radical (unpaired) electrons. The normalized spacial score (nSPS) is 23.8. The van der Waals surface area contributed by atoms with Gasteiger partial charge in [0, 0.05) is 17.5 Å². The van der Waals surface area contributed by atoms with Crippen LogP contribution in [0.1, 0.15) is 61.0 Å². The molecule has 2 rings (SSSR count). The molecular weight excluding hydrogens is 270 g/mol. The number of rotatable bonds is 4. The van der Waals surface area contributed by atoms with E-state index < -0.39 is 5.97 Å². The summed E-state index contributed by atoms with van der Waals surface area (Å²) in [5.41, 5.74) is 0.426. The highest BCUT2D eigenvalue weighted by molar-refractivity contribution is 7.13. The highest BCUT2D eigenvalue weighted by Gasteiger charge is 2.29. The number of carboxylic acid groups (broad SMARTS) is 1. The van der Waals surface area contributed by atoms with Crippen molar-refractivity contribution in [1.29, 1.82) is 0 Å². The standard InChI is InChI=1S/C16H25NO2S/c1-16(2,3)11-4-6-12(7-5-11)17-10-13-8-9-14(20-13)15(18)19/h8-9,11-12,17H,4-7,10H2,1-3H3,(H,18,19). The second-order valence-electron chi connectivity index (χ2n) is 6.87. The molecular formula is C16H25NO2S. The van der Waals surface area contributed by atoms with E-state index in [-0.39, 0.29) is 0 Å². The van der Waals surface area contributed by atoms with Crippen LogP contribution in [0, 0.1) is 11.3 Å². The summed E-state index contributed by atoms with van der Waals surface area (Å²) in [6, 6.07) is 4.20. The molecule has 1 aliphatic carbocycles. The third kappa shape index (κ3) is 4.06. The number of carboxylic acids is 1. The number of thiophene rings is 1. The molecule has 0 amide bonds. The number of aromatic carboxylic acids is 1. The zero-order chi connectivity index (χ0) is 14.8. The van der Waals surface area contributed by atoms with Gasteiger partial charge in [0.25, 0.3) is 0 Å². The molecule has 1 fully saturated rings. The van der Waals surface area contributed by atoms with Gasteiger partial charge in [-0.25, -0.2) is 4.79 Å². The summed E-state index contributed by atoms with van der Waals surface area (Å²) in [4.78, 5) is 12.4. The van der Waals surface area contributed by atoms with E-state index in [1.165, 1.54) is 37.0 Å². The minimum Gasteiger partial charge on any atom is -0.477 e. The molecule has 0 aliphatic heterocycles. The van der Waals surface area contributed by atoms with Crippen molar-refractivity contribution in [1.82, 2.24) is 5.32 Å². The van der Waals surface area contributed by atoms with Gasteiger partial charge >= 0.3 is 5.97 Å². The molecule has 0 saturated heterocycles. The molecule has 1 saturated carbocycles. The Labute approximate surface area is 125 Å². The van der Waals surface area contributed by atoms with Gasteiger partial charge in [-0.1, -0.05) is 20.8 Å². The van der Waals surface area contributed by atoms with E-state index in [0.29, 0.717) is 16.3 Å². The van der Waals surface area contributed by atoms with Crippen LogP contribution in [-0.2, 0) is 6.54 Å². The third-order valence-electron chi connectivity index (χ3n) is 4.39. The Morgan fingerprint density at radius 2 is 1.95 bits per heavy atom. The van der Waals surface area contributed by atoms with Crippen LogP contribution in [-0.4, -0.2) is 17.1 Å². The lowest BCUT2D eigenvalue weighted by atomic mass is 9.71. The van der Waals surface area contributed by atoms with Gasteiger partial charge in [0.05, 0.1) is 0 Å². The molecule has 0 bridgehead atoms. The Kier molecular flexibility index (Phi) is 4.86. The summed E-state index contributed by atoms with van der Waals surface area (Å²) in [6.45, 7) is 7.81. The van der Waals surface area contributed by atoms with Crippen LogP contribution in [0.2, 0.25) is 0 Å². The van der Waals surface area contributed by atoms with E-state index in [0.717, 1.165) is 17.3 Å². The Morgan fingerprint density at radius 3 is 2.45 bits per heavy atom. The van der Waals surface area contributed by atoms with Gasteiger partial charge in [-0.2, -0.15) is 0 Å². The van der Waals surface area contributed by atoms with E-state index in [9.17, 15) is 4.79 Å². The number of hydrogen-bond acceptors (Lipinski definition) is 3. The number of carbonyl (C=O) groups is 1. The Morgan fingerprint density at radius 1 is 1.30 bits per heavy atom. The van der Waals surface area contributed by atoms with Crippen LogP contribution in [0.5, 0.6) is 0 Å². The van der Waals surface area contributed by atoms with Gasteiger partial charge in [0.15, 0.2) is 0 Å². The molecule has 1 heterocycles. The van der Waals surface area contributed by atoms with Crippen molar-refractivity contribution in [2.45, 2.75) is 59.0 Å². The fourth-order valence-electron chi connectivity index (χ4n) is 3.00. The maximum absolute atomic E-state index is 10.8. The quantitative estimate of drug-likeness (QED) is 0.877. The zero-order valence-electron chi connectivity index (χ0n) is 12.6. The maximum atomic E-state index is 10.8. The van der Waals surface area contributed by atoms with Gasteiger partial charge in [0.2, 0.25) is 0 Å². The lowest BCUT2D eigenvalue weighted by Gasteiger charge is -2.37. The van der Waals surface area contributed by atoms with Crippen molar-refractivity contribution in [3.8, 4) is 0 Å². The molecule has 3 nitrogen and oxygen atoms in total. The van der Waals surface area contributed by atoms with Gasteiger partial charge in [0.1, 0.15) is 4.88 Å². The maximum Gasteiger partial charge on any atom is 0.345 e. The van der Waals surface area contributed by atoms with Gasteiger partial charge in [-0.15, -0.1) is 11.3 Å². The Bertz CT molecular complexity index is 453. The Balaban J connectivity index is 1.77. The second-order valence-corrected chi connectivity index (χ2v) is 8.03. The van der Waals surface area contributed by atoms with Crippen molar-refractivity contribution < 1.29 is 9.90 Å². The third-order valence-corrected chi connectivity index (χ3v) is 5.46. The SMILES string of the molecule is CC(C)(C)C1CCC(NCc2ccc(C(=O)O)s2)CC1. The molecule has 1 aliphatic rings. The fraction of sp³-hybridized carbons (Fsp3) is 0.688. The van der Waals surface area contributed by atoms with Crippen LogP contribution in [0.4, 0.5) is 0 Å². The summed E-state index contributed by atoms with van der Waals surface area (Å²) in [5, 5.41) is 12.5. The first-order chi connectivity index (χ1) is 9.36. The topological polar surface area (TPSA) is 49.3 Å². The summed E-state index contributed by atoms with van der Waals surface area (Å²) >= 11 is 1.37. The fourth-order valence-corrected chi connectivity index (χ4v) is 3.79. The van der Waals surface area contributed by atoms with E-state index in [2.05, 4.69) is 26.1 Å². The molecule has 0 atom stereocenters. The smallest absolute Gasteiger partial charge is 0.345 e. The summed E-state index contributed by atoms with van der Waals surface area (Å²) in [7, 11) is 0. The molecule has 20 heavy (non-hydrogen) atoms. The minimum atomic E-state index is -0.827. The molecule has 0 spiro atoms. The van der Waals surface area contributed by atoms with Crippen LogP contribution < -0.4 is 5.32 Å². The van der Waals surface area contributed by atoms with Crippen molar-refractivity contribution in [2.24, 2.45) is 11.3 Å². The molecule has 0 aromatic carbocycles. The molecule has 1 aromatic heterocycles. The van der Waals surface area contributed by atoms with Crippen LogP contribution in [0.3, 0.4) is 0 Å². The van der Waals surface area contributed by atoms with Crippen LogP contribution in [0.15, 0.2) is 12.1 Å². The van der Waals surface area contributed by atoms with Crippen molar-refractivity contribution in [3.05, 3.63) is 21.9 Å². The Hall–Kier alpha value is -0.870. The lowest BCUT2D eigenvalue weighted by molar-refractivity contribution is 0.0702. The molecule has 2 N–H and O–H groups in total. The average Bonchev–Trinajstić information content (AvgIpc) is 2.85. The largest absolute Gasteiger partial charge is 0.477 e. The zero-order valence-corrected chi connectivity index (χ0v) is 13.4. The second kappa shape index (κ2) is 6.27. The van der Waals surface area contributed by atoms with Crippen molar-refractivity contribution >= 4 is 17.3 Å². The predicted octanol–water partition coefficient (Wildman–Crippen LogP) is 4.14. The van der Waals surface area contributed by atoms with Gasteiger partial charge < -0.3 is 10.4 Å². The van der Waals surface area contributed by atoms with Crippen molar-refractivity contribution in [2.75, 3.05) is 0 Å². The minimum absolute atomic E-state index is 0.426. The highest BCUT2D eigenvalue weighted by atomic mass is 32.1.